The van der Waals surface area contributed by atoms with Crippen molar-refractivity contribution in [3.8, 4) is 11.1 Å². The van der Waals surface area contributed by atoms with Gasteiger partial charge in [-0.3, -0.25) is 0 Å². The minimum atomic E-state index is 0.676. The van der Waals surface area contributed by atoms with E-state index in [-0.39, 0.29) is 0 Å². The quantitative estimate of drug-likeness (QED) is 0.622. The highest BCUT2D eigenvalue weighted by Crippen LogP contribution is 2.27. The van der Waals surface area contributed by atoms with Crippen LogP contribution in [-0.4, -0.2) is 9.38 Å². The van der Waals surface area contributed by atoms with E-state index in [1.54, 1.807) is 12.3 Å². The first kappa shape index (κ1) is 9.72. The number of pyridine rings is 1. The molecule has 0 amide bonds. The fraction of sp³-hybridized carbons (Fsp3) is 0. The van der Waals surface area contributed by atoms with E-state index < -0.39 is 0 Å². The molecule has 0 bridgehead atoms. The zero-order valence-electron chi connectivity index (χ0n) is 9.17. The van der Waals surface area contributed by atoms with Crippen LogP contribution < -0.4 is 11.5 Å². The summed E-state index contributed by atoms with van der Waals surface area (Å²) in [4.78, 5) is 4.20. The summed E-state index contributed by atoms with van der Waals surface area (Å²) in [5.41, 5.74) is 16.0. The molecule has 84 valence electrons. The van der Waals surface area contributed by atoms with Gasteiger partial charge in [-0.25, -0.2) is 4.98 Å². The van der Waals surface area contributed by atoms with Gasteiger partial charge in [0, 0.05) is 41.1 Å². The van der Waals surface area contributed by atoms with E-state index in [1.807, 2.05) is 41.1 Å². The SMILES string of the molecule is Nc1ccc(-c2ccc3nccn3c2)c(N)c1. The van der Waals surface area contributed by atoms with Gasteiger partial charge in [0.25, 0.3) is 0 Å². The Balaban J connectivity index is 2.19. The molecule has 4 heteroatoms. The number of hydrogen-bond acceptors (Lipinski definition) is 3. The zero-order valence-corrected chi connectivity index (χ0v) is 9.17. The molecule has 4 N–H and O–H groups in total. The monoisotopic (exact) mass is 224 g/mol. The number of nitrogens with zero attached hydrogens (tertiary/aromatic N) is 2. The highest BCUT2D eigenvalue weighted by Gasteiger charge is 2.04. The molecule has 2 aromatic heterocycles. The van der Waals surface area contributed by atoms with Crippen LogP contribution in [0.15, 0.2) is 48.9 Å². The molecule has 1 aromatic carbocycles. The molecule has 3 rings (SSSR count). The first-order valence-corrected chi connectivity index (χ1v) is 5.32. The molecule has 17 heavy (non-hydrogen) atoms. The van der Waals surface area contributed by atoms with Gasteiger partial charge in [-0.15, -0.1) is 0 Å². The van der Waals surface area contributed by atoms with E-state index in [1.165, 1.54) is 0 Å². The summed E-state index contributed by atoms with van der Waals surface area (Å²) < 4.78 is 1.96. The van der Waals surface area contributed by atoms with Gasteiger partial charge in [0.2, 0.25) is 0 Å². The predicted octanol–water partition coefficient (Wildman–Crippen LogP) is 2.17. The van der Waals surface area contributed by atoms with Crippen molar-refractivity contribution in [1.82, 2.24) is 9.38 Å². The minimum Gasteiger partial charge on any atom is -0.399 e. The number of anilines is 2. The Morgan fingerprint density at radius 3 is 2.76 bits per heavy atom. The number of hydrogen-bond donors (Lipinski definition) is 2. The Morgan fingerprint density at radius 1 is 1.06 bits per heavy atom. The summed E-state index contributed by atoms with van der Waals surface area (Å²) in [7, 11) is 0. The Bertz CT molecular complexity index is 685. The first-order valence-electron chi connectivity index (χ1n) is 5.32. The van der Waals surface area contributed by atoms with Gasteiger partial charge in [-0.05, 0) is 24.3 Å². The third-order valence-electron chi connectivity index (χ3n) is 2.78. The van der Waals surface area contributed by atoms with Crippen LogP contribution in [0.2, 0.25) is 0 Å². The van der Waals surface area contributed by atoms with Crippen LogP contribution in [0, 0.1) is 0 Å². The predicted molar refractivity (Wildman–Crippen MR) is 69.5 cm³/mol. The molecule has 0 saturated carbocycles. The molecule has 0 atom stereocenters. The van der Waals surface area contributed by atoms with Crippen molar-refractivity contribution in [3.05, 3.63) is 48.9 Å². The van der Waals surface area contributed by atoms with E-state index in [2.05, 4.69) is 4.98 Å². The van der Waals surface area contributed by atoms with Crippen LogP contribution in [-0.2, 0) is 0 Å². The average Bonchev–Trinajstić information content (AvgIpc) is 2.75. The van der Waals surface area contributed by atoms with Crippen LogP contribution in [0.25, 0.3) is 16.8 Å². The fourth-order valence-corrected chi connectivity index (χ4v) is 1.92. The van der Waals surface area contributed by atoms with Crippen LogP contribution in [0.4, 0.5) is 11.4 Å². The number of imidazole rings is 1. The summed E-state index contributed by atoms with van der Waals surface area (Å²) >= 11 is 0. The number of nitrogen functional groups attached to an aromatic ring is 2. The summed E-state index contributed by atoms with van der Waals surface area (Å²) in [5, 5.41) is 0. The molecular weight excluding hydrogens is 212 g/mol. The summed E-state index contributed by atoms with van der Waals surface area (Å²) in [6, 6.07) is 9.52. The fourth-order valence-electron chi connectivity index (χ4n) is 1.92. The highest BCUT2D eigenvalue weighted by molar-refractivity contribution is 5.78. The third-order valence-corrected chi connectivity index (χ3v) is 2.78. The smallest absolute Gasteiger partial charge is 0.136 e. The van der Waals surface area contributed by atoms with Crippen molar-refractivity contribution < 1.29 is 0 Å². The number of aromatic nitrogens is 2. The average molecular weight is 224 g/mol. The maximum Gasteiger partial charge on any atom is 0.136 e. The van der Waals surface area contributed by atoms with Crippen LogP contribution in [0.5, 0.6) is 0 Å². The third kappa shape index (κ3) is 1.59. The van der Waals surface area contributed by atoms with E-state index in [9.17, 15) is 0 Å². The Kier molecular flexibility index (Phi) is 2.01. The highest BCUT2D eigenvalue weighted by atomic mass is 15.0. The van der Waals surface area contributed by atoms with Crippen LogP contribution >= 0.6 is 0 Å². The zero-order chi connectivity index (χ0) is 11.8. The number of nitrogens with two attached hydrogens (primary N) is 2. The van der Waals surface area contributed by atoms with E-state index in [0.29, 0.717) is 11.4 Å². The lowest BCUT2D eigenvalue weighted by Crippen LogP contribution is -1.94. The molecular formula is C13H12N4. The normalized spacial score (nSPS) is 10.8. The summed E-state index contributed by atoms with van der Waals surface area (Å²) in [6.07, 6.45) is 5.68. The standard InChI is InChI=1S/C13H12N4/c14-10-2-3-11(12(15)7-10)9-1-4-13-16-5-6-17(13)8-9/h1-8H,14-15H2. The van der Waals surface area contributed by atoms with Crippen molar-refractivity contribution in [3.63, 3.8) is 0 Å². The molecule has 0 aliphatic heterocycles. The largest absolute Gasteiger partial charge is 0.399 e. The topological polar surface area (TPSA) is 69.3 Å². The van der Waals surface area contributed by atoms with Crippen molar-refractivity contribution >= 4 is 17.0 Å². The number of rotatable bonds is 1. The van der Waals surface area contributed by atoms with Crippen LogP contribution in [0.1, 0.15) is 0 Å². The van der Waals surface area contributed by atoms with E-state index in [4.69, 9.17) is 11.5 Å². The first-order chi connectivity index (χ1) is 8.24. The molecule has 0 aliphatic carbocycles. The summed E-state index contributed by atoms with van der Waals surface area (Å²) in [6.45, 7) is 0. The van der Waals surface area contributed by atoms with E-state index >= 15 is 0 Å². The Morgan fingerprint density at radius 2 is 1.94 bits per heavy atom. The molecule has 0 unspecified atom stereocenters. The maximum atomic E-state index is 5.97. The Labute approximate surface area is 98.5 Å². The molecule has 2 heterocycles. The van der Waals surface area contributed by atoms with Gasteiger partial charge < -0.3 is 15.9 Å². The molecule has 0 radical (unpaired) electrons. The Hall–Kier alpha value is -2.49. The number of fused-ring (bicyclic) bond motifs is 1. The minimum absolute atomic E-state index is 0.676. The summed E-state index contributed by atoms with van der Waals surface area (Å²) in [5.74, 6) is 0. The molecule has 4 nitrogen and oxygen atoms in total. The molecule has 0 fully saturated rings. The second kappa shape index (κ2) is 3.52. The van der Waals surface area contributed by atoms with Gasteiger partial charge in [0.1, 0.15) is 5.65 Å². The van der Waals surface area contributed by atoms with E-state index in [0.717, 1.165) is 16.8 Å². The van der Waals surface area contributed by atoms with Crippen molar-refractivity contribution in [2.24, 2.45) is 0 Å². The molecule has 3 aromatic rings. The maximum absolute atomic E-state index is 5.97. The van der Waals surface area contributed by atoms with Gasteiger partial charge in [0.05, 0.1) is 0 Å². The lowest BCUT2D eigenvalue weighted by Gasteiger charge is -2.07. The van der Waals surface area contributed by atoms with Gasteiger partial charge in [0.15, 0.2) is 0 Å². The van der Waals surface area contributed by atoms with Gasteiger partial charge in [-0.1, -0.05) is 6.07 Å². The molecule has 0 aliphatic rings. The van der Waals surface area contributed by atoms with Gasteiger partial charge >= 0.3 is 0 Å². The van der Waals surface area contributed by atoms with Gasteiger partial charge in [-0.2, -0.15) is 0 Å². The van der Waals surface area contributed by atoms with Crippen molar-refractivity contribution in [2.75, 3.05) is 11.5 Å². The lowest BCUT2D eigenvalue weighted by molar-refractivity contribution is 1.19. The molecule has 0 saturated heterocycles. The van der Waals surface area contributed by atoms with Crippen LogP contribution in [0.3, 0.4) is 0 Å². The lowest BCUT2D eigenvalue weighted by atomic mass is 10.1. The number of benzene rings is 1. The molecule has 0 spiro atoms. The second-order valence-corrected chi connectivity index (χ2v) is 3.96. The van der Waals surface area contributed by atoms with Crippen molar-refractivity contribution in [1.29, 1.82) is 0 Å². The van der Waals surface area contributed by atoms with Crippen molar-refractivity contribution in [2.45, 2.75) is 0 Å². The second-order valence-electron chi connectivity index (χ2n) is 3.96.